The summed E-state index contributed by atoms with van der Waals surface area (Å²) >= 11 is 1.72. The van der Waals surface area contributed by atoms with Gasteiger partial charge < -0.3 is 9.80 Å². The first-order valence-corrected chi connectivity index (χ1v) is 8.01. The summed E-state index contributed by atoms with van der Waals surface area (Å²) in [5.74, 6) is 0.232. The molecule has 19 heavy (non-hydrogen) atoms. The topological polar surface area (TPSA) is 35.6 Å². The van der Waals surface area contributed by atoms with Gasteiger partial charge >= 0.3 is 0 Å². The van der Waals surface area contributed by atoms with Crippen molar-refractivity contribution in [1.82, 2.24) is 15.1 Å². The lowest BCUT2D eigenvalue weighted by molar-refractivity contribution is -0.128. The van der Waals surface area contributed by atoms with Crippen molar-refractivity contribution >= 4 is 17.2 Å². The largest absolute Gasteiger partial charge is 0.320 e. The average Bonchev–Trinajstić information content (AvgIpc) is 3.07. The molecule has 2 aliphatic heterocycles. The van der Waals surface area contributed by atoms with E-state index in [1.165, 1.54) is 37.2 Å². The minimum Gasteiger partial charge on any atom is -0.320 e. The number of rotatable bonds is 4. The van der Waals surface area contributed by atoms with Crippen molar-refractivity contribution in [2.45, 2.75) is 25.4 Å². The number of likely N-dealkylation sites (tertiary alicyclic amines) is 1. The van der Waals surface area contributed by atoms with Gasteiger partial charge in [-0.2, -0.15) is 0 Å². The van der Waals surface area contributed by atoms with E-state index in [1.54, 1.807) is 11.3 Å². The van der Waals surface area contributed by atoms with E-state index in [0.717, 1.165) is 13.1 Å². The van der Waals surface area contributed by atoms with Crippen molar-refractivity contribution in [3.05, 3.63) is 22.4 Å². The van der Waals surface area contributed by atoms with Crippen LogP contribution in [0.25, 0.3) is 0 Å². The molecule has 1 amide bonds. The summed E-state index contributed by atoms with van der Waals surface area (Å²) in [4.78, 5) is 17.7. The second kappa shape index (κ2) is 6.03. The van der Waals surface area contributed by atoms with Gasteiger partial charge in [-0.25, -0.2) is 0 Å². The van der Waals surface area contributed by atoms with Crippen LogP contribution in [0.5, 0.6) is 0 Å². The zero-order valence-electron chi connectivity index (χ0n) is 11.2. The van der Waals surface area contributed by atoms with E-state index in [2.05, 4.69) is 21.7 Å². The van der Waals surface area contributed by atoms with Gasteiger partial charge in [-0.05, 0) is 37.4 Å². The Hall–Kier alpha value is -0.910. The molecule has 2 fully saturated rings. The zero-order chi connectivity index (χ0) is 13.1. The highest BCUT2D eigenvalue weighted by molar-refractivity contribution is 7.10. The SMILES string of the molecule is O=C1CNC(c2cccs2)N1CCN1CCCCC1. The van der Waals surface area contributed by atoms with E-state index in [1.807, 2.05) is 11.0 Å². The third-order valence-corrected chi connectivity index (χ3v) is 4.92. The first kappa shape index (κ1) is 13.1. The van der Waals surface area contributed by atoms with Crippen molar-refractivity contribution in [3.8, 4) is 0 Å². The summed E-state index contributed by atoms with van der Waals surface area (Å²) in [5.41, 5.74) is 0. The van der Waals surface area contributed by atoms with E-state index in [-0.39, 0.29) is 12.1 Å². The maximum Gasteiger partial charge on any atom is 0.238 e. The van der Waals surface area contributed by atoms with Crippen LogP contribution in [-0.2, 0) is 4.79 Å². The molecule has 0 bridgehead atoms. The summed E-state index contributed by atoms with van der Waals surface area (Å²) in [6.45, 7) is 4.71. The number of amides is 1. The highest BCUT2D eigenvalue weighted by Gasteiger charge is 2.32. The predicted molar refractivity (Wildman–Crippen MR) is 77.1 cm³/mol. The number of thiophene rings is 1. The fraction of sp³-hybridized carbons (Fsp3) is 0.643. The maximum absolute atomic E-state index is 12.0. The Balaban J connectivity index is 1.59. The van der Waals surface area contributed by atoms with Crippen LogP contribution in [0.4, 0.5) is 0 Å². The third-order valence-electron chi connectivity index (χ3n) is 4.00. The van der Waals surface area contributed by atoms with Crippen molar-refractivity contribution < 1.29 is 4.79 Å². The number of nitrogens with zero attached hydrogens (tertiary/aromatic N) is 2. The highest BCUT2D eigenvalue weighted by atomic mass is 32.1. The number of piperidine rings is 1. The van der Waals surface area contributed by atoms with Crippen molar-refractivity contribution in [2.24, 2.45) is 0 Å². The van der Waals surface area contributed by atoms with Gasteiger partial charge in [0, 0.05) is 18.0 Å². The van der Waals surface area contributed by atoms with E-state index >= 15 is 0 Å². The summed E-state index contributed by atoms with van der Waals surface area (Å²) in [6, 6.07) is 4.15. The molecular weight excluding hydrogens is 258 g/mol. The zero-order valence-corrected chi connectivity index (χ0v) is 12.0. The van der Waals surface area contributed by atoms with E-state index in [4.69, 9.17) is 0 Å². The van der Waals surface area contributed by atoms with Gasteiger partial charge in [0.15, 0.2) is 0 Å². The fourth-order valence-electron chi connectivity index (χ4n) is 2.93. The number of hydrogen-bond acceptors (Lipinski definition) is 4. The van der Waals surface area contributed by atoms with E-state index < -0.39 is 0 Å². The van der Waals surface area contributed by atoms with E-state index in [0.29, 0.717) is 6.54 Å². The second-order valence-corrected chi connectivity index (χ2v) is 6.27. The molecule has 0 aromatic carbocycles. The molecule has 1 unspecified atom stereocenters. The summed E-state index contributed by atoms with van der Waals surface area (Å²) in [7, 11) is 0. The van der Waals surface area contributed by atoms with Gasteiger partial charge in [0.1, 0.15) is 6.17 Å². The molecule has 2 aliphatic rings. The average molecular weight is 279 g/mol. The van der Waals surface area contributed by atoms with Gasteiger partial charge in [-0.1, -0.05) is 12.5 Å². The molecule has 1 N–H and O–H groups in total. The number of carbonyl (C=O) groups is 1. The van der Waals surface area contributed by atoms with Gasteiger partial charge in [-0.3, -0.25) is 10.1 Å². The standard InChI is InChI=1S/C14H21N3OS/c18-13-11-15-14(12-5-4-10-19-12)17(13)9-8-16-6-2-1-3-7-16/h4-5,10,14-15H,1-3,6-9,11H2. The number of carbonyl (C=O) groups excluding carboxylic acids is 1. The quantitative estimate of drug-likeness (QED) is 0.910. The summed E-state index contributed by atoms with van der Waals surface area (Å²) < 4.78 is 0. The Morgan fingerprint density at radius 2 is 2.11 bits per heavy atom. The smallest absolute Gasteiger partial charge is 0.238 e. The predicted octanol–water partition coefficient (Wildman–Crippen LogP) is 1.66. The van der Waals surface area contributed by atoms with Crippen LogP contribution in [0.15, 0.2) is 17.5 Å². The van der Waals surface area contributed by atoms with Crippen molar-refractivity contribution in [1.29, 1.82) is 0 Å². The van der Waals surface area contributed by atoms with Crippen LogP contribution in [0.3, 0.4) is 0 Å². The van der Waals surface area contributed by atoms with Crippen molar-refractivity contribution in [2.75, 3.05) is 32.7 Å². The lowest BCUT2D eigenvalue weighted by Gasteiger charge is -2.30. The number of nitrogens with one attached hydrogen (secondary N) is 1. The third kappa shape index (κ3) is 2.99. The molecular formula is C14H21N3OS. The minimum absolute atomic E-state index is 0.0947. The molecule has 0 aliphatic carbocycles. The van der Waals surface area contributed by atoms with Gasteiger partial charge in [0.25, 0.3) is 0 Å². The molecule has 2 saturated heterocycles. The normalized spacial score (nSPS) is 25.2. The molecule has 5 heteroatoms. The van der Waals surface area contributed by atoms with Crippen LogP contribution >= 0.6 is 11.3 Å². The molecule has 1 aromatic rings. The van der Waals surface area contributed by atoms with Crippen molar-refractivity contribution in [3.63, 3.8) is 0 Å². The number of hydrogen-bond donors (Lipinski definition) is 1. The molecule has 1 aromatic heterocycles. The summed E-state index contributed by atoms with van der Waals surface area (Å²) in [5, 5.41) is 5.39. The molecule has 0 radical (unpaired) electrons. The Morgan fingerprint density at radius 3 is 2.84 bits per heavy atom. The monoisotopic (exact) mass is 279 g/mol. The van der Waals surface area contributed by atoms with Gasteiger partial charge in [0.2, 0.25) is 5.91 Å². The summed E-state index contributed by atoms with van der Waals surface area (Å²) in [6.07, 6.45) is 4.07. The second-order valence-electron chi connectivity index (χ2n) is 5.29. The van der Waals surface area contributed by atoms with Crippen LogP contribution in [-0.4, -0.2) is 48.4 Å². The molecule has 4 nitrogen and oxygen atoms in total. The van der Waals surface area contributed by atoms with Crippen LogP contribution in [0, 0.1) is 0 Å². The first-order chi connectivity index (χ1) is 9.34. The Kier molecular flexibility index (Phi) is 4.15. The van der Waals surface area contributed by atoms with Gasteiger partial charge in [-0.15, -0.1) is 11.3 Å². The molecule has 3 rings (SSSR count). The lowest BCUT2D eigenvalue weighted by Crippen LogP contribution is -2.39. The lowest BCUT2D eigenvalue weighted by atomic mass is 10.1. The van der Waals surface area contributed by atoms with E-state index in [9.17, 15) is 4.79 Å². The maximum atomic E-state index is 12.0. The van der Waals surface area contributed by atoms with Crippen LogP contribution in [0.2, 0.25) is 0 Å². The fourth-order valence-corrected chi connectivity index (χ4v) is 3.74. The highest BCUT2D eigenvalue weighted by Crippen LogP contribution is 2.26. The van der Waals surface area contributed by atoms with Gasteiger partial charge in [0.05, 0.1) is 6.54 Å². The molecule has 1 atom stereocenters. The first-order valence-electron chi connectivity index (χ1n) is 7.13. The molecule has 104 valence electrons. The molecule has 0 spiro atoms. The Bertz CT molecular complexity index is 414. The molecule has 3 heterocycles. The Labute approximate surface area is 118 Å². The molecule has 0 saturated carbocycles. The van der Waals surface area contributed by atoms with Crippen LogP contribution < -0.4 is 5.32 Å². The Morgan fingerprint density at radius 1 is 1.26 bits per heavy atom. The van der Waals surface area contributed by atoms with Crippen LogP contribution in [0.1, 0.15) is 30.3 Å². The minimum atomic E-state index is 0.0947.